The second kappa shape index (κ2) is 3.42. The highest BCUT2D eigenvalue weighted by Gasteiger charge is 2.54. The first-order valence-corrected chi connectivity index (χ1v) is 4.48. The highest BCUT2D eigenvalue weighted by atomic mass is 19.3. The molecule has 0 aromatic heterocycles. The van der Waals surface area contributed by atoms with E-state index in [9.17, 15) is 13.6 Å². The molecule has 0 atom stereocenters. The Kier molecular flexibility index (Phi) is 2.23. The molecule has 1 aromatic rings. The molecule has 1 aliphatic rings. The topological polar surface area (TPSA) is 17.1 Å². The van der Waals surface area contributed by atoms with E-state index in [1.54, 1.807) is 30.3 Å². The van der Waals surface area contributed by atoms with Crippen LogP contribution in [0.2, 0.25) is 0 Å². The minimum Gasteiger partial charge on any atom is -0.299 e. The molecule has 0 fully saturated rings. The van der Waals surface area contributed by atoms with Crippen molar-refractivity contribution in [2.75, 3.05) is 0 Å². The SMILES string of the molecule is O=C/C=C/C1=C(c2ccccc2)C1(F)F. The Bertz CT molecular complexity index is 444. The molecule has 0 amide bonds. The molecule has 0 N–H and O–H groups in total. The number of alkyl halides is 2. The summed E-state index contributed by atoms with van der Waals surface area (Å²) in [6, 6.07) is 8.44. The van der Waals surface area contributed by atoms with Crippen LogP contribution >= 0.6 is 0 Å². The zero-order chi connectivity index (χ0) is 10.9. The Morgan fingerprint density at radius 3 is 2.40 bits per heavy atom. The number of carbonyl (C=O) groups excluding carboxylic acids is 1. The summed E-state index contributed by atoms with van der Waals surface area (Å²) < 4.78 is 26.5. The number of aldehydes is 1. The van der Waals surface area contributed by atoms with Crippen LogP contribution in [0.3, 0.4) is 0 Å². The smallest absolute Gasteiger partial charge is 0.299 e. The van der Waals surface area contributed by atoms with Crippen molar-refractivity contribution in [3.05, 3.63) is 53.6 Å². The van der Waals surface area contributed by atoms with E-state index in [1.807, 2.05) is 0 Å². The minimum absolute atomic E-state index is 0.0150. The van der Waals surface area contributed by atoms with Gasteiger partial charge in [0, 0.05) is 11.1 Å². The standard InChI is InChI=1S/C12H8F2O/c13-12(14)10(7-4-8-15)11(12)9-5-2-1-3-6-9/h1-8H/b7-4+. The van der Waals surface area contributed by atoms with E-state index in [2.05, 4.69) is 0 Å². The fourth-order valence-corrected chi connectivity index (χ4v) is 1.52. The van der Waals surface area contributed by atoms with Crippen LogP contribution in [-0.4, -0.2) is 12.2 Å². The lowest BCUT2D eigenvalue weighted by atomic mass is 10.2. The van der Waals surface area contributed by atoms with Crippen molar-refractivity contribution in [3.8, 4) is 0 Å². The van der Waals surface area contributed by atoms with Crippen molar-refractivity contribution in [3.63, 3.8) is 0 Å². The van der Waals surface area contributed by atoms with Crippen molar-refractivity contribution < 1.29 is 13.6 Å². The van der Waals surface area contributed by atoms with Crippen molar-refractivity contribution in [1.29, 1.82) is 0 Å². The van der Waals surface area contributed by atoms with Crippen LogP contribution in [-0.2, 0) is 4.79 Å². The Balaban J connectivity index is 2.34. The number of carbonyl (C=O) groups is 1. The first-order chi connectivity index (χ1) is 7.18. The highest BCUT2D eigenvalue weighted by Crippen LogP contribution is 2.55. The predicted molar refractivity (Wildman–Crippen MR) is 53.5 cm³/mol. The molecule has 15 heavy (non-hydrogen) atoms. The molecule has 0 radical (unpaired) electrons. The van der Waals surface area contributed by atoms with Gasteiger partial charge in [0.2, 0.25) is 0 Å². The van der Waals surface area contributed by atoms with Gasteiger partial charge in [0.25, 0.3) is 5.92 Å². The van der Waals surface area contributed by atoms with Gasteiger partial charge in [-0.15, -0.1) is 0 Å². The Hall–Kier alpha value is -1.77. The van der Waals surface area contributed by atoms with Crippen molar-refractivity contribution >= 4 is 11.9 Å². The number of hydrogen-bond donors (Lipinski definition) is 0. The Morgan fingerprint density at radius 1 is 1.13 bits per heavy atom. The summed E-state index contributed by atoms with van der Waals surface area (Å²) in [4.78, 5) is 10.0. The number of rotatable bonds is 3. The quantitative estimate of drug-likeness (QED) is 0.549. The highest BCUT2D eigenvalue weighted by molar-refractivity contribution is 5.94. The van der Waals surface area contributed by atoms with Crippen LogP contribution in [0.15, 0.2) is 48.1 Å². The van der Waals surface area contributed by atoms with Gasteiger partial charge in [0.1, 0.15) is 6.29 Å². The molecule has 76 valence electrons. The zero-order valence-corrected chi connectivity index (χ0v) is 7.78. The van der Waals surface area contributed by atoms with Crippen LogP contribution < -0.4 is 0 Å². The van der Waals surface area contributed by atoms with E-state index >= 15 is 0 Å². The predicted octanol–water partition coefficient (Wildman–Crippen LogP) is 2.84. The molecule has 1 nitrogen and oxygen atoms in total. The summed E-state index contributed by atoms with van der Waals surface area (Å²) in [5.74, 6) is -2.87. The summed E-state index contributed by atoms with van der Waals surface area (Å²) in [5.41, 5.74) is 0.454. The van der Waals surface area contributed by atoms with E-state index < -0.39 is 5.92 Å². The van der Waals surface area contributed by atoms with E-state index in [0.29, 0.717) is 11.8 Å². The molecule has 3 heteroatoms. The minimum atomic E-state index is -2.87. The molecule has 0 aliphatic heterocycles. The van der Waals surface area contributed by atoms with Crippen LogP contribution in [0.25, 0.3) is 5.57 Å². The van der Waals surface area contributed by atoms with Crippen LogP contribution in [0.1, 0.15) is 5.56 Å². The molecule has 0 spiro atoms. The lowest BCUT2D eigenvalue weighted by Gasteiger charge is -1.96. The number of benzene rings is 1. The molecular weight excluding hydrogens is 198 g/mol. The third-order valence-corrected chi connectivity index (χ3v) is 2.26. The van der Waals surface area contributed by atoms with Gasteiger partial charge in [-0.1, -0.05) is 30.3 Å². The first kappa shape index (κ1) is 9.77. The molecule has 2 rings (SSSR count). The fourth-order valence-electron chi connectivity index (χ4n) is 1.52. The van der Waals surface area contributed by atoms with E-state index in [0.717, 1.165) is 12.2 Å². The van der Waals surface area contributed by atoms with Crippen LogP contribution in [0.4, 0.5) is 8.78 Å². The summed E-state index contributed by atoms with van der Waals surface area (Å²) in [7, 11) is 0. The third-order valence-electron chi connectivity index (χ3n) is 2.26. The molecule has 0 heterocycles. The number of halogens is 2. The second-order valence-corrected chi connectivity index (χ2v) is 3.22. The second-order valence-electron chi connectivity index (χ2n) is 3.22. The largest absolute Gasteiger partial charge is 0.300 e. The molecule has 1 aliphatic carbocycles. The van der Waals surface area contributed by atoms with Gasteiger partial charge in [0.15, 0.2) is 0 Å². The maximum absolute atomic E-state index is 13.2. The van der Waals surface area contributed by atoms with E-state index in [1.165, 1.54) is 0 Å². The normalized spacial score (nSPS) is 18.3. The average Bonchev–Trinajstić information content (AvgIpc) is 2.79. The summed E-state index contributed by atoms with van der Waals surface area (Å²) in [6.07, 6.45) is 2.73. The zero-order valence-electron chi connectivity index (χ0n) is 7.78. The number of allylic oxidation sites excluding steroid dienone is 4. The molecule has 0 unspecified atom stereocenters. The Labute approximate surface area is 85.7 Å². The van der Waals surface area contributed by atoms with Crippen molar-refractivity contribution in [2.45, 2.75) is 5.92 Å². The first-order valence-electron chi connectivity index (χ1n) is 4.48. The van der Waals surface area contributed by atoms with Crippen LogP contribution in [0.5, 0.6) is 0 Å². The maximum Gasteiger partial charge on any atom is 0.300 e. The molecule has 1 aromatic carbocycles. The average molecular weight is 206 g/mol. The monoisotopic (exact) mass is 206 g/mol. The molecular formula is C12H8F2O. The summed E-state index contributed by atoms with van der Waals surface area (Å²) >= 11 is 0. The van der Waals surface area contributed by atoms with Gasteiger partial charge in [-0.05, 0) is 17.7 Å². The molecule has 0 saturated carbocycles. The van der Waals surface area contributed by atoms with Gasteiger partial charge < -0.3 is 0 Å². The summed E-state index contributed by atoms with van der Waals surface area (Å²) in [5, 5.41) is 0. The molecule has 0 bridgehead atoms. The van der Waals surface area contributed by atoms with Crippen molar-refractivity contribution in [1.82, 2.24) is 0 Å². The molecule has 0 saturated heterocycles. The maximum atomic E-state index is 13.2. The Morgan fingerprint density at radius 2 is 1.80 bits per heavy atom. The van der Waals surface area contributed by atoms with Crippen molar-refractivity contribution in [2.24, 2.45) is 0 Å². The van der Waals surface area contributed by atoms with Gasteiger partial charge >= 0.3 is 0 Å². The fraction of sp³-hybridized carbons (Fsp3) is 0.0833. The van der Waals surface area contributed by atoms with E-state index in [4.69, 9.17) is 0 Å². The third kappa shape index (κ3) is 1.61. The van der Waals surface area contributed by atoms with Gasteiger partial charge in [0.05, 0.1) is 0 Å². The summed E-state index contributed by atoms with van der Waals surface area (Å²) in [6.45, 7) is 0. The number of hydrogen-bond acceptors (Lipinski definition) is 1. The van der Waals surface area contributed by atoms with E-state index in [-0.39, 0.29) is 11.1 Å². The van der Waals surface area contributed by atoms with Gasteiger partial charge in [-0.25, -0.2) is 0 Å². The van der Waals surface area contributed by atoms with Gasteiger partial charge in [-0.3, -0.25) is 4.79 Å². The van der Waals surface area contributed by atoms with Crippen LogP contribution in [0, 0.1) is 0 Å². The van der Waals surface area contributed by atoms with Gasteiger partial charge in [-0.2, -0.15) is 8.78 Å². The lowest BCUT2D eigenvalue weighted by molar-refractivity contribution is -0.104. The lowest BCUT2D eigenvalue weighted by Crippen LogP contribution is -1.96.